The Morgan fingerprint density at radius 1 is 1.05 bits per heavy atom. The number of hydrogen-bond donors (Lipinski definition) is 3. The zero-order chi connectivity index (χ0) is 26.4. The first-order chi connectivity index (χ1) is 18.4. The number of primary amides is 1. The molecule has 4 aromatic rings. The van der Waals surface area contributed by atoms with Gasteiger partial charge < -0.3 is 16.4 Å². The average molecular weight is 509 g/mol. The Bertz CT molecular complexity index is 1530. The van der Waals surface area contributed by atoms with Crippen LogP contribution in [-0.4, -0.2) is 38.8 Å². The van der Waals surface area contributed by atoms with Crippen LogP contribution in [0.15, 0.2) is 54.9 Å². The van der Waals surface area contributed by atoms with Crippen LogP contribution < -0.4 is 16.4 Å². The van der Waals surface area contributed by atoms with Crippen LogP contribution in [0.5, 0.6) is 0 Å². The zero-order valence-corrected chi connectivity index (χ0v) is 21.7. The fraction of sp³-hybridized carbons (Fsp3) is 0.333. The number of benzene rings is 2. The number of carbonyl (C=O) groups excluding carboxylic acids is 2. The second kappa shape index (κ2) is 9.59. The van der Waals surface area contributed by atoms with E-state index in [1.807, 2.05) is 53.2 Å². The number of carbonyl (C=O) groups is 2. The number of nitrogens with zero attached hydrogens (tertiary/aromatic N) is 3. The molecule has 2 aromatic carbocycles. The van der Waals surface area contributed by atoms with Gasteiger partial charge in [-0.15, -0.1) is 0 Å². The summed E-state index contributed by atoms with van der Waals surface area (Å²) in [5.74, 6) is 1.08. The number of imidazole rings is 1. The second-order valence-electron chi connectivity index (χ2n) is 10.9. The van der Waals surface area contributed by atoms with Gasteiger partial charge in [0.1, 0.15) is 0 Å². The molecule has 194 valence electrons. The third-order valence-corrected chi connectivity index (χ3v) is 7.16. The molecule has 2 fully saturated rings. The lowest BCUT2D eigenvalue weighted by molar-refractivity contribution is 0.0949. The molecule has 2 aliphatic rings. The quantitative estimate of drug-likeness (QED) is 0.294. The first-order valence-corrected chi connectivity index (χ1v) is 13.3. The van der Waals surface area contributed by atoms with Gasteiger partial charge in [0.05, 0.1) is 17.6 Å². The summed E-state index contributed by atoms with van der Waals surface area (Å²) in [5, 5.41) is 6.50. The number of aromatic nitrogens is 3. The van der Waals surface area contributed by atoms with Crippen LogP contribution in [0, 0.1) is 5.92 Å². The fourth-order valence-electron chi connectivity index (χ4n) is 4.73. The van der Waals surface area contributed by atoms with Crippen molar-refractivity contribution in [3.63, 3.8) is 0 Å². The molecule has 8 heteroatoms. The number of nitrogens with one attached hydrogen (secondary N) is 2. The van der Waals surface area contributed by atoms with E-state index in [1.165, 1.54) is 0 Å². The second-order valence-corrected chi connectivity index (χ2v) is 10.9. The molecule has 2 saturated carbocycles. The van der Waals surface area contributed by atoms with E-state index >= 15 is 0 Å². The van der Waals surface area contributed by atoms with Crippen molar-refractivity contribution in [3.05, 3.63) is 71.5 Å². The van der Waals surface area contributed by atoms with Crippen LogP contribution >= 0.6 is 0 Å². The van der Waals surface area contributed by atoms with Crippen molar-refractivity contribution in [2.24, 2.45) is 11.7 Å². The summed E-state index contributed by atoms with van der Waals surface area (Å²) in [5.41, 5.74) is 12.2. The van der Waals surface area contributed by atoms with Crippen LogP contribution in [0.1, 0.15) is 71.7 Å². The highest BCUT2D eigenvalue weighted by Crippen LogP contribution is 2.43. The molecule has 2 aromatic heterocycles. The SMILES string of the molecule is CC(C)CNc1nc(-c2ccc(C(N)=O)c(C3CC3)c2)cn2c(-c3ccc(C(=O)NC4CC4)cc3)cnc12. The van der Waals surface area contributed by atoms with Crippen LogP contribution in [0.25, 0.3) is 28.2 Å². The van der Waals surface area contributed by atoms with E-state index in [9.17, 15) is 9.59 Å². The Balaban J connectivity index is 1.42. The number of anilines is 1. The molecule has 0 bridgehead atoms. The minimum Gasteiger partial charge on any atom is -0.367 e. The molecule has 6 rings (SSSR count). The number of rotatable bonds is 9. The Hall–Kier alpha value is -4.20. The van der Waals surface area contributed by atoms with E-state index in [2.05, 4.69) is 30.5 Å². The normalized spacial score (nSPS) is 15.1. The molecule has 0 radical (unpaired) electrons. The third-order valence-electron chi connectivity index (χ3n) is 7.16. The van der Waals surface area contributed by atoms with Gasteiger partial charge >= 0.3 is 0 Å². The van der Waals surface area contributed by atoms with E-state index < -0.39 is 5.91 Å². The maximum Gasteiger partial charge on any atom is 0.251 e. The Morgan fingerprint density at radius 2 is 1.79 bits per heavy atom. The van der Waals surface area contributed by atoms with Gasteiger partial charge in [-0.05, 0) is 67.3 Å². The van der Waals surface area contributed by atoms with E-state index in [0.29, 0.717) is 34.8 Å². The summed E-state index contributed by atoms with van der Waals surface area (Å²) < 4.78 is 2.04. The number of amides is 2. The molecule has 4 N–H and O–H groups in total. The summed E-state index contributed by atoms with van der Waals surface area (Å²) in [6, 6.07) is 13.7. The van der Waals surface area contributed by atoms with Crippen LogP contribution in [0.4, 0.5) is 5.82 Å². The van der Waals surface area contributed by atoms with Gasteiger partial charge in [0.25, 0.3) is 5.91 Å². The highest BCUT2D eigenvalue weighted by atomic mass is 16.2. The molecule has 8 nitrogen and oxygen atoms in total. The Morgan fingerprint density at radius 3 is 2.45 bits per heavy atom. The van der Waals surface area contributed by atoms with Crippen molar-refractivity contribution >= 4 is 23.3 Å². The molecule has 0 spiro atoms. The van der Waals surface area contributed by atoms with Gasteiger partial charge in [0.2, 0.25) is 5.91 Å². The third kappa shape index (κ3) is 4.86. The van der Waals surface area contributed by atoms with Gasteiger partial charge in [-0.1, -0.05) is 32.0 Å². The monoisotopic (exact) mass is 508 g/mol. The van der Waals surface area contributed by atoms with Crippen LogP contribution in [0.3, 0.4) is 0 Å². The minimum atomic E-state index is -0.396. The molecule has 0 atom stereocenters. The summed E-state index contributed by atoms with van der Waals surface area (Å²) >= 11 is 0. The molecule has 38 heavy (non-hydrogen) atoms. The Kier molecular flexibility index (Phi) is 6.10. The lowest BCUT2D eigenvalue weighted by Gasteiger charge is -2.14. The van der Waals surface area contributed by atoms with Crippen molar-refractivity contribution in [1.29, 1.82) is 0 Å². The van der Waals surface area contributed by atoms with E-state index in [-0.39, 0.29) is 5.91 Å². The largest absolute Gasteiger partial charge is 0.367 e. The van der Waals surface area contributed by atoms with Crippen molar-refractivity contribution in [3.8, 4) is 22.5 Å². The maximum atomic E-state index is 12.5. The van der Waals surface area contributed by atoms with E-state index in [1.54, 1.807) is 0 Å². The number of hydrogen-bond acceptors (Lipinski definition) is 5. The lowest BCUT2D eigenvalue weighted by atomic mass is 9.98. The summed E-state index contributed by atoms with van der Waals surface area (Å²) in [6.07, 6.45) is 8.08. The first kappa shape index (κ1) is 24.2. The molecular formula is C30H32N6O2. The molecule has 0 unspecified atom stereocenters. The molecule has 0 saturated heterocycles. The molecule has 2 aliphatic carbocycles. The maximum absolute atomic E-state index is 12.5. The molecule has 2 heterocycles. The summed E-state index contributed by atoms with van der Waals surface area (Å²) in [7, 11) is 0. The molecular weight excluding hydrogens is 476 g/mol. The molecule has 2 amide bonds. The average Bonchev–Trinajstić information content (AvgIpc) is 3.85. The van der Waals surface area contributed by atoms with Gasteiger partial charge in [0.15, 0.2) is 11.5 Å². The van der Waals surface area contributed by atoms with Crippen molar-refractivity contribution in [1.82, 2.24) is 19.7 Å². The highest BCUT2D eigenvalue weighted by Gasteiger charge is 2.28. The van der Waals surface area contributed by atoms with E-state index in [4.69, 9.17) is 15.7 Å². The first-order valence-electron chi connectivity index (χ1n) is 13.3. The number of fused-ring (bicyclic) bond motifs is 1. The van der Waals surface area contributed by atoms with Crippen molar-refractivity contribution in [2.75, 3.05) is 11.9 Å². The van der Waals surface area contributed by atoms with Crippen LogP contribution in [0.2, 0.25) is 0 Å². The van der Waals surface area contributed by atoms with Crippen LogP contribution in [-0.2, 0) is 0 Å². The standard InChI is InChI=1S/C30H32N6O2/c1-17(2)14-32-28-29-33-15-26(19-5-7-20(8-6-19)30(38)34-22-10-11-22)36(29)16-25(35-28)21-9-12-23(27(31)37)24(13-21)18-3-4-18/h5-9,12-13,15-18,22H,3-4,10-11,14H2,1-2H3,(H2,31,37)(H,32,35)(H,34,38). The topological polar surface area (TPSA) is 114 Å². The van der Waals surface area contributed by atoms with Crippen molar-refractivity contribution < 1.29 is 9.59 Å². The summed E-state index contributed by atoms with van der Waals surface area (Å²) in [6.45, 7) is 5.06. The van der Waals surface area contributed by atoms with Gasteiger partial charge in [-0.3, -0.25) is 14.0 Å². The van der Waals surface area contributed by atoms with Gasteiger partial charge in [-0.2, -0.15) is 0 Å². The summed E-state index contributed by atoms with van der Waals surface area (Å²) in [4.78, 5) is 34.1. The predicted molar refractivity (Wildman–Crippen MR) is 148 cm³/mol. The lowest BCUT2D eigenvalue weighted by Crippen LogP contribution is -2.25. The predicted octanol–water partition coefficient (Wildman–Crippen LogP) is 5.00. The number of nitrogens with two attached hydrogens (primary N) is 1. The zero-order valence-electron chi connectivity index (χ0n) is 21.7. The highest BCUT2D eigenvalue weighted by molar-refractivity contribution is 5.96. The van der Waals surface area contributed by atoms with Gasteiger partial charge in [-0.25, -0.2) is 9.97 Å². The fourth-order valence-corrected chi connectivity index (χ4v) is 4.73. The van der Waals surface area contributed by atoms with Crippen molar-refractivity contribution in [2.45, 2.75) is 51.5 Å². The van der Waals surface area contributed by atoms with Gasteiger partial charge in [0, 0.05) is 41.0 Å². The molecule has 0 aliphatic heterocycles. The smallest absolute Gasteiger partial charge is 0.251 e. The Labute approximate surface area is 221 Å². The van der Waals surface area contributed by atoms with E-state index in [0.717, 1.165) is 66.0 Å². The minimum absolute atomic E-state index is 0.0327.